The third kappa shape index (κ3) is 6.26. The molecule has 30 heavy (non-hydrogen) atoms. The van der Waals surface area contributed by atoms with E-state index in [1.807, 2.05) is 6.92 Å². The topological polar surface area (TPSA) is 71.1 Å². The lowest BCUT2D eigenvalue weighted by Crippen LogP contribution is -2.15. The maximum Gasteiger partial charge on any atom is 0.345 e. The van der Waals surface area contributed by atoms with Gasteiger partial charge in [-0.3, -0.25) is 0 Å². The summed E-state index contributed by atoms with van der Waals surface area (Å²) in [6, 6.07) is 8.57. The van der Waals surface area contributed by atoms with E-state index in [2.05, 4.69) is 32.1 Å². The van der Waals surface area contributed by atoms with Gasteiger partial charge in [-0.2, -0.15) is 0 Å². The molecule has 0 unspecified atom stereocenters. The molecular formula is C21H19Cl2IO6. The first-order valence-electron chi connectivity index (χ1n) is 8.72. The summed E-state index contributed by atoms with van der Waals surface area (Å²) in [7, 11) is 2.38. The summed E-state index contributed by atoms with van der Waals surface area (Å²) in [6.07, 6.45) is 1.38. The number of hydrogen-bond donors (Lipinski definition) is 0. The fourth-order valence-corrected chi connectivity index (χ4v) is 3.69. The van der Waals surface area contributed by atoms with Gasteiger partial charge in [-0.05, 0) is 65.4 Å². The van der Waals surface area contributed by atoms with E-state index < -0.39 is 11.9 Å². The SMILES string of the molecule is CCOc1cc(C=C(C(=O)OC)C(=O)OC)cc(I)c1OCc1ccc(Cl)cc1Cl. The van der Waals surface area contributed by atoms with Crippen LogP contribution in [0.1, 0.15) is 18.1 Å². The molecule has 0 bridgehead atoms. The molecule has 2 rings (SSSR count). The zero-order valence-electron chi connectivity index (χ0n) is 16.5. The molecule has 2 aromatic rings. The predicted octanol–water partition coefficient (Wildman–Crippen LogP) is 5.31. The van der Waals surface area contributed by atoms with E-state index in [-0.39, 0.29) is 12.2 Å². The van der Waals surface area contributed by atoms with Crippen LogP contribution in [0, 0.1) is 3.57 Å². The van der Waals surface area contributed by atoms with Crippen LogP contribution < -0.4 is 9.47 Å². The third-order valence-corrected chi connectivity index (χ3v) is 5.23. The minimum Gasteiger partial charge on any atom is -0.490 e. The molecule has 0 aromatic heterocycles. The van der Waals surface area contributed by atoms with Crippen LogP contribution in [-0.4, -0.2) is 32.8 Å². The molecule has 0 fully saturated rings. The number of ether oxygens (including phenoxy) is 4. The summed E-state index contributed by atoms with van der Waals surface area (Å²) in [5.74, 6) is -0.631. The van der Waals surface area contributed by atoms with Crippen molar-refractivity contribution in [2.24, 2.45) is 0 Å². The van der Waals surface area contributed by atoms with E-state index in [1.54, 1.807) is 30.3 Å². The smallest absolute Gasteiger partial charge is 0.345 e. The first-order chi connectivity index (χ1) is 14.3. The molecule has 0 spiro atoms. The highest BCUT2D eigenvalue weighted by Crippen LogP contribution is 2.36. The molecule has 2 aromatic carbocycles. The maximum absolute atomic E-state index is 11.9. The van der Waals surface area contributed by atoms with Crippen LogP contribution >= 0.6 is 45.8 Å². The Hall–Kier alpha value is -1.97. The Morgan fingerprint density at radius 1 is 1.03 bits per heavy atom. The molecular weight excluding hydrogens is 546 g/mol. The van der Waals surface area contributed by atoms with Crippen molar-refractivity contribution in [1.29, 1.82) is 0 Å². The zero-order chi connectivity index (χ0) is 22.3. The van der Waals surface area contributed by atoms with Crippen LogP contribution in [0.4, 0.5) is 0 Å². The van der Waals surface area contributed by atoms with Gasteiger partial charge in [0.2, 0.25) is 0 Å². The molecule has 9 heteroatoms. The summed E-state index contributed by atoms with van der Waals surface area (Å²) in [4.78, 5) is 23.8. The molecule has 0 amide bonds. The number of carbonyl (C=O) groups excluding carboxylic acids is 2. The third-order valence-electron chi connectivity index (χ3n) is 3.84. The second kappa shape index (κ2) is 11.4. The number of methoxy groups -OCH3 is 2. The van der Waals surface area contributed by atoms with Gasteiger partial charge in [0.05, 0.1) is 24.4 Å². The average Bonchev–Trinajstić information content (AvgIpc) is 2.71. The first kappa shape index (κ1) is 24.3. The summed E-state index contributed by atoms with van der Waals surface area (Å²) < 4.78 is 21.7. The molecule has 0 N–H and O–H groups in total. The molecule has 0 radical (unpaired) electrons. The van der Waals surface area contributed by atoms with Gasteiger partial charge in [0.15, 0.2) is 11.5 Å². The van der Waals surface area contributed by atoms with E-state index in [4.69, 9.17) is 32.7 Å². The Morgan fingerprint density at radius 3 is 2.27 bits per heavy atom. The predicted molar refractivity (Wildman–Crippen MR) is 123 cm³/mol. The van der Waals surface area contributed by atoms with Gasteiger partial charge in [0, 0.05) is 15.6 Å². The molecule has 0 aliphatic heterocycles. The summed E-state index contributed by atoms with van der Waals surface area (Å²) in [6.45, 7) is 2.43. The highest BCUT2D eigenvalue weighted by Gasteiger charge is 2.21. The van der Waals surface area contributed by atoms with Crippen LogP contribution in [0.25, 0.3) is 6.08 Å². The highest BCUT2D eigenvalue weighted by molar-refractivity contribution is 14.1. The van der Waals surface area contributed by atoms with Crippen LogP contribution in [0.5, 0.6) is 11.5 Å². The molecule has 0 saturated heterocycles. The van der Waals surface area contributed by atoms with Crippen molar-refractivity contribution in [3.8, 4) is 11.5 Å². The Labute approximate surface area is 198 Å². The van der Waals surface area contributed by atoms with E-state index in [9.17, 15) is 9.59 Å². The number of esters is 2. The van der Waals surface area contributed by atoms with Gasteiger partial charge in [-0.25, -0.2) is 9.59 Å². The molecule has 0 aliphatic rings. The Morgan fingerprint density at radius 2 is 1.70 bits per heavy atom. The number of benzene rings is 2. The van der Waals surface area contributed by atoms with Crippen molar-refractivity contribution >= 4 is 63.8 Å². The number of rotatable bonds is 8. The highest BCUT2D eigenvalue weighted by atomic mass is 127. The monoisotopic (exact) mass is 564 g/mol. The standard InChI is InChI=1S/C21H19Cl2IO6/c1-4-29-18-9-12(7-15(20(25)27-2)21(26)28-3)8-17(24)19(18)30-11-13-5-6-14(22)10-16(13)23/h5-10H,4,11H2,1-3H3. The maximum atomic E-state index is 11.9. The van der Waals surface area contributed by atoms with Gasteiger partial charge < -0.3 is 18.9 Å². The largest absolute Gasteiger partial charge is 0.490 e. The van der Waals surface area contributed by atoms with Crippen molar-refractivity contribution in [2.45, 2.75) is 13.5 Å². The lowest BCUT2D eigenvalue weighted by molar-refractivity contribution is -0.143. The zero-order valence-corrected chi connectivity index (χ0v) is 20.1. The molecule has 6 nitrogen and oxygen atoms in total. The van der Waals surface area contributed by atoms with Gasteiger partial charge >= 0.3 is 11.9 Å². The molecule has 0 saturated carbocycles. The quantitative estimate of drug-likeness (QED) is 0.142. The molecule has 0 aliphatic carbocycles. The second-order valence-corrected chi connectivity index (χ2v) is 7.83. The van der Waals surface area contributed by atoms with Gasteiger partial charge in [-0.1, -0.05) is 29.3 Å². The van der Waals surface area contributed by atoms with Crippen LogP contribution in [0.2, 0.25) is 10.0 Å². The van der Waals surface area contributed by atoms with Gasteiger partial charge in [-0.15, -0.1) is 0 Å². The van der Waals surface area contributed by atoms with E-state index in [0.717, 1.165) is 5.56 Å². The second-order valence-electron chi connectivity index (χ2n) is 5.83. The van der Waals surface area contributed by atoms with Crippen LogP contribution in [-0.2, 0) is 25.7 Å². The summed E-state index contributed by atoms with van der Waals surface area (Å²) in [5, 5.41) is 1.03. The number of halogens is 3. The normalized spacial score (nSPS) is 10.2. The van der Waals surface area contributed by atoms with Crippen molar-refractivity contribution in [3.05, 3.63) is 60.6 Å². The van der Waals surface area contributed by atoms with E-state index in [1.165, 1.54) is 20.3 Å². The average molecular weight is 565 g/mol. The Kier molecular flexibility index (Phi) is 9.26. The number of carbonyl (C=O) groups is 2. The summed E-state index contributed by atoms with van der Waals surface area (Å²) >= 11 is 14.2. The minimum absolute atomic E-state index is 0.205. The van der Waals surface area contributed by atoms with Crippen LogP contribution in [0.15, 0.2) is 35.9 Å². The Balaban J connectivity index is 2.40. The number of hydrogen-bond acceptors (Lipinski definition) is 6. The fourth-order valence-electron chi connectivity index (χ4n) is 2.45. The fraction of sp³-hybridized carbons (Fsp3) is 0.238. The Bertz CT molecular complexity index is 956. The van der Waals surface area contributed by atoms with Crippen LogP contribution in [0.3, 0.4) is 0 Å². The van der Waals surface area contributed by atoms with Crippen molar-refractivity contribution in [3.63, 3.8) is 0 Å². The van der Waals surface area contributed by atoms with Crippen molar-refractivity contribution in [1.82, 2.24) is 0 Å². The minimum atomic E-state index is -0.799. The molecule has 0 heterocycles. The molecule has 0 atom stereocenters. The summed E-state index contributed by atoms with van der Waals surface area (Å²) in [5.41, 5.74) is 1.08. The van der Waals surface area contributed by atoms with Gasteiger partial charge in [0.25, 0.3) is 0 Å². The van der Waals surface area contributed by atoms with Crippen molar-refractivity contribution < 1.29 is 28.5 Å². The van der Waals surface area contributed by atoms with E-state index >= 15 is 0 Å². The van der Waals surface area contributed by atoms with Crippen molar-refractivity contribution in [2.75, 3.05) is 20.8 Å². The first-order valence-corrected chi connectivity index (χ1v) is 10.6. The molecule has 160 valence electrons. The lowest BCUT2D eigenvalue weighted by atomic mass is 10.1. The van der Waals surface area contributed by atoms with Gasteiger partial charge in [0.1, 0.15) is 12.2 Å². The lowest BCUT2D eigenvalue weighted by Gasteiger charge is -2.15. The van der Waals surface area contributed by atoms with E-state index in [0.29, 0.717) is 37.3 Å².